The van der Waals surface area contributed by atoms with E-state index in [1.165, 1.54) is 11.1 Å². The fraction of sp³-hybridized carbons (Fsp3) is 0.391. The average molecular weight is 395 g/mol. The third kappa shape index (κ3) is 5.35. The zero-order valence-corrected chi connectivity index (χ0v) is 17.4. The van der Waals surface area contributed by atoms with E-state index in [2.05, 4.69) is 53.6 Å². The van der Waals surface area contributed by atoms with Crippen molar-refractivity contribution in [1.29, 1.82) is 0 Å². The van der Waals surface area contributed by atoms with Crippen LogP contribution in [0.15, 0.2) is 53.5 Å². The van der Waals surface area contributed by atoms with E-state index >= 15 is 0 Å². The summed E-state index contributed by atoms with van der Waals surface area (Å²) < 4.78 is 6.05. The number of rotatable bonds is 5. The van der Waals surface area contributed by atoms with Crippen molar-refractivity contribution in [2.24, 2.45) is 4.99 Å². The Bertz CT molecular complexity index is 848. The van der Waals surface area contributed by atoms with Crippen molar-refractivity contribution in [2.45, 2.75) is 26.5 Å². The van der Waals surface area contributed by atoms with Crippen molar-refractivity contribution in [1.82, 2.24) is 15.5 Å². The minimum Gasteiger partial charge on any atom is -0.370 e. The molecule has 0 aliphatic carbocycles. The Morgan fingerprint density at radius 1 is 1.21 bits per heavy atom. The van der Waals surface area contributed by atoms with Gasteiger partial charge in [0.05, 0.1) is 19.7 Å². The van der Waals surface area contributed by atoms with Crippen molar-refractivity contribution < 1.29 is 9.53 Å². The number of amides is 1. The molecule has 1 aliphatic rings. The van der Waals surface area contributed by atoms with Gasteiger partial charge in [0.25, 0.3) is 5.91 Å². The topological polar surface area (TPSA) is 66.0 Å². The van der Waals surface area contributed by atoms with Crippen LogP contribution in [0, 0.1) is 6.92 Å². The fourth-order valence-corrected chi connectivity index (χ4v) is 3.48. The molecule has 29 heavy (non-hydrogen) atoms. The Labute approximate surface area is 173 Å². The highest BCUT2D eigenvalue weighted by molar-refractivity contribution is 5.93. The molecular formula is C23H30N4O2. The molecule has 2 aromatic rings. The van der Waals surface area contributed by atoms with Crippen LogP contribution in [0.25, 0.3) is 0 Å². The number of guanidine groups is 1. The molecule has 1 aliphatic heterocycles. The summed E-state index contributed by atoms with van der Waals surface area (Å²) in [4.78, 5) is 18.8. The van der Waals surface area contributed by atoms with Crippen LogP contribution < -0.4 is 10.6 Å². The monoisotopic (exact) mass is 394 g/mol. The van der Waals surface area contributed by atoms with Gasteiger partial charge >= 0.3 is 0 Å². The highest BCUT2D eigenvalue weighted by Gasteiger charge is 2.25. The summed E-state index contributed by atoms with van der Waals surface area (Å²) in [6.07, 6.45) is 0.0423. The summed E-state index contributed by atoms with van der Waals surface area (Å²) in [5, 5.41) is 6.04. The van der Waals surface area contributed by atoms with Crippen molar-refractivity contribution in [3.8, 4) is 0 Å². The molecule has 0 radical (unpaired) electrons. The van der Waals surface area contributed by atoms with Gasteiger partial charge in [-0.05, 0) is 42.7 Å². The molecule has 1 heterocycles. The molecule has 2 N–H and O–H groups in total. The second-order valence-electron chi connectivity index (χ2n) is 7.11. The largest absolute Gasteiger partial charge is 0.370 e. The van der Waals surface area contributed by atoms with Gasteiger partial charge < -0.3 is 20.3 Å². The predicted octanol–water partition coefficient (Wildman–Crippen LogP) is 2.89. The lowest BCUT2D eigenvalue weighted by molar-refractivity contribution is -0.00834. The lowest BCUT2D eigenvalue weighted by Crippen LogP contribution is -2.48. The first-order valence-corrected chi connectivity index (χ1v) is 10.1. The number of nitrogens with zero attached hydrogens (tertiary/aromatic N) is 2. The van der Waals surface area contributed by atoms with Crippen LogP contribution in [0.4, 0.5) is 0 Å². The second-order valence-corrected chi connectivity index (χ2v) is 7.11. The first kappa shape index (κ1) is 20.9. The van der Waals surface area contributed by atoms with Gasteiger partial charge in [0.2, 0.25) is 0 Å². The van der Waals surface area contributed by atoms with Gasteiger partial charge in [-0.25, -0.2) is 4.99 Å². The number of aliphatic imine (C=N–C) groups is 1. The molecular weight excluding hydrogens is 364 g/mol. The van der Waals surface area contributed by atoms with Crippen LogP contribution in [0.3, 0.4) is 0 Å². The Hall–Kier alpha value is -2.86. The van der Waals surface area contributed by atoms with Gasteiger partial charge in [0.1, 0.15) is 6.10 Å². The molecule has 6 heteroatoms. The van der Waals surface area contributed by atoms with E-state index in [4.69, 9.17) is 9.73 Å². The van der Waals surface area contributed by atoms with E-state index < -0.39 is 0 Å². The van der Waals surface area contributed by atoms with Gasteiger partial charge in [0, 0.05) is 25.7 Å². The van der Waals surface area contributed by atoms with E-state index in [-0.39, 0.29) is 12.0 Å². The number of carbonyl (C=O) groups is 1. The molecule has 1 fully saturated rings. The van der Waals surface area contributed by atoms with Crippen LogP contribution in [0.1, 0.15) is 40.1 Å². The molecule has 1 unspecified atom stereocenters. The number of aryl methyl sites for hydroxylation is 1. The van der Waals surface area contributed by atoms with Gasteiger partial charge in [-0.15, -0.1) is 0 Å². The van der Waals surface area contributed by atoms with Crippen molar-refractivity contribution >= 4 is 11.9 Å². The van der Waals surface area contributed by atoms with Gasteiger partial charge in [0.15, 0.2) is 5.96 Å². The maximum Gasteiger partial charge on any atom is 0.251 e. The quantitative estimate of drug-likeness (QED) is 0.605. The number of hydrogen-bond donors (Lipinski definition) is 2. The molecule has 3 rings (SSSR count). The summed E-state index contributed by atoms with van der Waals surface area (Å²) in [6, 6.07) is 16.0. The highest BCUT2D eigenvalue weighted by Crippen LogP contribution is 2.25. The first-order valence-electron chi connectivity index (χ1n) is 10.1. The second kappa shape index (κ2) is 10.1. The van der Waals surface area contributed by atoms with Crippen LogP contribution in [-0.4, -0.2) is 50.1 Å². The number of hydrogen-bond acceptors (Lipinski definition) is 3. The SMILES string of the molecule is CCNC(=NCc1ccc(C(=O)NC)cc1)N1CCOC(c2ccccc2C)C1. The summed E-state index contributed by atoms with van der Waals surface area (Å²) >= 11 is 0. The maximum atomic E-state index is 11.7. The van der Waals surface area contributed by atoms with E-state index in [1.54, 1.807) is 7.05 Å². The van der Waals surface area contributed by atoms with Crippen LogP contribution in [0.5, 0.6) is 0 Å². The summed E-state index contributed by atoms with van der Waals surface area (Å²) in [5.41, 5.74) is 4.20. The van der Waals surface area contributed by atoms with Crippen molar-refractivity contribution in [3.63, 3.8) is 0 Å². The molecule has 2 aromatic carbocycles. The molecule has 1 atom stereocenters. The summed E-state index contributed by atoms with van der Waals surface area (Å²) in [7, 11) is 1.63. The van der Waals surface area contributed by atoms with Gasteiger partial charge in [-0.1, -0.05) is 36.4 Å². The van der Waals surface area contributed by atoms with E-state index in [9.17, 15) is 4.79 Å². The molecule has 1 amide bonds. The average Bonchev–Trinajstić information content (AvgIpc) is 2.77. The Morgan fingerprint density at radius 2 is 1.97 bits per heavy atom. The van der Waals surface area contributed by atoms with E-state index in [0.29, 0.717) is 18.7 Å². The first-order chi connectivity index (χ1) is 14.1. The summed E-state index contributed by atoms with van der Waals surface area (Å²) in [6.45, 7) is 7.82. The number of carbonyl (C=O) groups excluding carboxylic acids is 1. The highest BCUT2D eigenvalue weighted by atomic mass is 16.5. The Morgan fingerprint density at radius 3 is 2.66 bits per heavy atom. The summed E-state index contributed by atoms with van der Waals surface area (Å²) in [5.74, 6) is 0.814. The van der Waals surface area contributed by atoms with Crippen LogP contribution in [-0.2, 0) is 11.3 Å². The third-order valence-corrected chi connectivity index (χ3v) is 5.09. The smallest absolute Gasteiger partial charge is 0.251 e. The lowest BCUT2D eigenvalue weighted by atomic mass is 10.0. The molecule has 0 saturated carbocycles. The zero-order chi connectivity index (χ0) is 20.6. The molecule has 1 saturated heterocycles. The van der Waals surface area contributed by atoms with Crippen LogP contribution >= 0.6 is 0 Å². The number of nitrogens with one attached hydrogen (secondary N) is 2. The molecule has 6 nitrogen and oxygen atoms in total. The third-order valence-electron chi connectivity index (χ3n) is 5.09. The molecule has 0 spiro atoms. The molecule has 0 aromatic heterocycles. The van der Waals surface area contributed by atoms with E-state index in [1.807, 2.05) is 24.3 Å². The van der Waals surface area contributed by atoms with Gasteiger partial charge in [-0.3, -0.25) is 4.79 Å². The maximum absolute atomic E-state index is 11.7. The lowest BCUT2D eigenvalue weighted by Gasteiger charge is -2.35. The van der Waals surface area contributed by atoms with Crippen molar-refractivity contribution in [3.05, 3.63) is 70.8 Å². The fourth-order valence-electron chi connectivity index (χ4n) is 3.48. The molecule has 0 bridgehead atoms. The van der Waals surface area contributed by atoms with Crippen molar-refractivity contribution in [2.75, 3.05) is 33.3 Å². The molecule has 154 valence electrons. The van der Waals surface area contributed by atoms with Crippen LogP contribution in [0.2, 0.25) is 0 Å². The normalized spacial score (nSPS) is 17.1. The Balaban J connectivity index is 1.71. The number of benzene rings is 2. The number of morpholine rings is 1. The standard InChI is InChI=1S/C23H30N4O2/c1-4-25-23(26-15-18-9-11-19(12-10-18)22(28)24-3)27-13-14-29-21(16-27)20-8-6-5-7-17(20)2/h5-12,21H,4,13-16H2,1-3H3,(H,24,28)(H,25,26). The van der Waals surface area contributed by atoms with Gasteiger partial charge in [-0.2, -0.15) is 0 Å². The minimum absolute atomic E-state index is 0.0423. The Kier molecular flexibility index (Phi) is 7.25. The van der Waals surface area contributed by atoms with E-state index in [0.717, 1.165) is 31.2 Å². The predicted molar refractivity (Wildman–Crippen MR) is 116 cm³/mol. The minimum atomic E-state index is -0.0797. The zero-order valence-electron chi connectivity index (χ0n) is 17.4. The number of ether oxygens (including phenoxy) is 1.